The third-order valence-corrected chi connectivity index (χ3v) is 4.39. The van der Waals surface area contributed by atoms with Crippen LogP contribution in [-0.4, -0.2) is 26.1 Å². The number of phenolic OH excluding ortho intramolecular Hbond substituents is 4. The van der Waals surface area contributed by atoms with E-state index in [9.17, 15) is 20.4 Å². The van der Waals surface area contributed by atoms with Gasteiger partial charge in [0.2, 0.25) is 0 Å². The summed E-state index contributed by atoms with van der Waals surface area (Å²) in [7, 11) is 0. The van der Waals surface area contributed by atoms with Gasteiger partial charge in [0.25, 0.3) is 0 Å². The number of hydrogen-bond donors (Lipinski definition) is 5. The van der Waals surface area contributed by atoms with Crippen molar-refractivity contribution < 1.29 is 20.4 Å². The molecule has 0 aromatic heterocycles. The zero-order chi connectivity index (χ0) is 17.2. The average molecular weight is 322 g/mol. The molecule has 0 amide bonds. The number of aryl methyl sites for hydroxylation is 1. The number of aromatic hydroxyl groups is 4. The van der Waals surface area contributed by atoms with Crippen molar-refractivity contribution in [3.8, 4) is 34.1 Å². The van der Waals surface area contributed by atoms with Gasteiger partial charge in [-0.25, -0.2) is 0 Å². The number of fused-ring (bicyclic) bond motifs is 4. The Bertz CT molecular complexity index is 1070. The van der Waals surface area contributed by atoms with Crippen LogP contribution in [0.25, 0.3) is 21.9 Å². The molecule has 0 unspecified atom stereocenters. The molecule has 0 fully saturated rings. The summed E-state index contributed by atoms with van der Waals surface area (Å²) in [6.07, 6.45) is 0. The van der Waals surface area contributed by atoms with Gasteiger partial charge in [0.15, 0.2) is 0 Å². The van der Waals surface area contributed by atoms with Crippen molar-refractivity contribution in [2.75, 3.05) is 0 Å². The summed E-state index contributed by atoms with van der Waals surface area (Å²) in [5, 5.41) is 46.1. The van der Waals surface area contributed by atoms with Crippen LogP contribution >= 0.6 is 0 Å². The van der Waals surface area contributed by atoms with Crippen LogP contribution in [0.5, 0.6) is 23.0 Å². The number of benzene rings is 3. The SMILES string of the molecule is Cc1cc(O)c2c(c1)/C(=N\N)c1c-2c(O)c2cccc(O)c2c1O. The van der Waals surface area contributed by atoms with E-state index in [-0.39, 0.29) is 50.6 Å². The van der Waals surface area contributed by atoms with Crippen molar-refractivity contribution in [2.24, 2.45) is 10.9 Å². The predicted octanol–water partition coefficient (Wildman–Crippen LogP) is 2.66. The van der Waals surface area contributed by atoms with Gasteiger partial charge in [-0.3, -0.25) is 0 Å². The van der Waals surface area contributed by atoms with Crippen molar-refractivity contribution >= 4 is 16.5 Å². The molecular weight excluding hydrogens is 308 g/mol. The van der Waals surface area contributed by atoms with Gasteiger partial charge in [0.1, 0.15) is 28.7 Å². The van der Waals surface area contributed by atoms with Gasteiger partial charge in [-0.1, -0.05) is 12.1 Å². The highest BCUT2D eigenvalue weighted by Crippen LogP contribution is 2.54. The molecule has 0 saturated carbocycles. The van der Waals surface area contributed by atoms with Crippen LogP contribution in [0.2, 0.25) is 0 Å². The Morgan fingerprint density at radius 3 is 2.33 bits per heavy atom. The van der Waals surface area contributed by atoms with Crippen molar-refractivity contribution in [3.05, 3.63) is 47.0 Å². The number of hydrazone groups is 1. The van der Waals surface area contributed by atoms with Crippen LogP contribution in [0.3, 0.4) is 0 Å². The Hall–Kier alpha value is -3.41. The van der Waals surface area contributed by atoms with E-state index >= 15 is 0 Å². The van der Waals surface area contributed by atoms with E-state index in [2.05, 4.69) is 5.10 Å². The first kappa shape index (κ1) is 14.2. The zero-order valence-corrected chi connectivity index (χ0v) is 12.7. The van der Waals surface area contributed by atoms with Gasteiger partial charge in [-0.2, -0.15) is 5.10 Å². The molecule has 0 spiro atoms. The molecule has 1 aliphatic carbocycles. The lowest BCUT2D eigenvalue weighted by atomic mass is 9.96. The van der Waals surface area contributed by atoms with Gasteiger partial charge < -0.3 is 26.3 Å². The molecule has 6 heteroatoms. The molecule has 120 valence electrons. The average Bonchev–Trinajstić information content (AvgIpc) is 2.87. The van der Waals surface area contributed by atoms with E-state index in [0.29, 0.717) is 11.1 Å². The number of rotatable bonds is 0. The number of nitrogens with zero attached hydrogens (tertiary/aromatic N) is 1. The van der Waals surface area contributed by atoms with Crippen molar-refractivity contribution in [1.29, 1.82) is 0 Å². The van der Waals surface area contributed by atoms with Gasteiger partial charge in [0, 0.05) is 22.1 Å². The highest BCUT2D eigenvalue weighted by molar-refractivity contribution is 6.30. The molecule has 6 N–H and O–H groups in total. The van der Waals surface area contributed by atoms with Crippen molar-refractivity contribution in [3.63, 3.8) is 0 Å². The normalized spacial score (nSPS) is 14.1. The summed E-state index contributed by atoms with van der Waals surface area (Å²) in [5.74, 6) is 4.90. The summed E-state index contributed by atoms with van der Waals surface area (Å²) in [5.41, 5.74) is 2.36. The van der Waals surface area contributed by atoms with Crippen LogP contribution in [-0.2, 0) is 0 Å². The van der Waals surface area contributed by atoms with Crippen LogP contribution in [0.15, 0.2) is 35.4 Å². The largest absolute Gasteiger partial charge is 0.507 e. The molecule has 0 atom stereocenters. The third-order valence-electron chi connectivity index (χ3n) is 4.39. The van der Waals surface area contributed by atoms with E-state index in [0.717, 1.165) is 5.56 Å². The van der Waals surface area contributed by atoms with Crippen LogP contribution in [0.4, 0.5) is 0 Å². The van der Waals surface area contributed by atoms with Crippen LogP contribution < -0.4 is 5.84 Å². The first-order valence-corrected chi connectivity index (χ1v) is 7.27. The Labute approximate surface area is 136 Å². The Morgan fingerprint density at radius 1 is 0.875 bits per heavy atom. The molecule has 0 bridgehead atoms. The van der Waals surface area contributed by atoms with Crippen LogP contribution in [0.1, 0.15) is 16.7 Å². The maximum atomic E-state index is 10.7. The first-order valence-electron chi connectivity index (χ1n) is 7.27. The molecule has 1 aliphatic rings. The Kier molecular flexibility index (Phi) is 2.69. The fourth-order valence-electron chi connectivity index (χ4n) is 3.44. The standard InChI is InChI=1S/C18H14N2O4/c1-7-5-9-12(11(22)6-7)14-15(16(9)20-19)18(24)13-8(17(14)23)3-2-4-10(13)21/h2-6,21-24H,19H2,1H3/b20-16+. The fourth-order valence-corrected chi connectivity index (χ4v) is 3.44. The lowest BCUT2D eigenvalue weighted by Crippen LogP contribution is -2.03. The van der Waals surface area contributed by atoms with Gasteiger partial charge in [-0.05, 0) is 30.7 Å². The highest BCUT2D eigenvalue weighted by Gasteiger charge is 2.35. The van der Waals surface area contributed by atoms with Gasteiger partial charge in [-0.15, -0.1) is 0 Å². The molecule has 0 saturated heterocycles. The lowest BCUT2D eigenvalue weighted by Gasteiger charge is -2.12. The van der Waals surface area contributed by atoms with E-state index in [4.69, 9.17) is 5.84 Å². The molecule has 0 heterocycles. The predicted molar refractivity (Wildman–Crippen MR) is 90.6 cm³/mol. The van der Waals surface area contributed by atoms with E-state index in [1.807, 2.05) is 0 Å². The number of hydrogen-bond acceptors (Lipinski definition) is 6. The second kappa shape index (κ2) is 4.55. The molecule has 3 aromatic rings. The quantitative estimate of drug-likeness (QED) is 0.194. The Morgan fingerprint density at radius 2 is 1.62 bits per heavy atom. The van der Waals surface area contributed by atoms with Crippen molar-refractivity contribution in [2.45, 2.75) is 6.92 Å². The monoisotopic (exact) mass is 322 g/mol. The zero-order valence-electron chi connectivity index (χ0n) is 12.7. The van der Waals surface area contributed by atoms with E-state index in [1.165, 1.54) is 6.07 Å². The van der Waals surface area contributed by atoms with Crippen molar-refractivity contribution in [1.82, 2.24) is 0 Å². The fraction of sp³-hybridized carbons (Fsp3) is 0.0556. The molecule has 3 aromatic carbocycles. The molecule has 24 heavy (non-hydrogen) atoms. The summed E-state index contributed by atoms with van der Waals surface area (Å²) >= 11 is 0. The summed E-state index contributed by atoms with van der Waals surface area (Å²) in [6.45, 7) is 1.80. The second-order valence-corrected chi connectivity index (χ2v) is 5.83. The van der Waals surface area contributed by atoms with E-state index in [1.54, 1.807) is 31.2 Å². The smallest absolute Gasteiger partial charge is 0.137 e. The first-order chi connectivity index (χ1) is 11.5. The summed E-state index contributed by atoms with van der Waals surface area (Å²) < 4.78 is 0. The maximum absolute atomic E-state index is 10.7. The minimum Gasteiger partial charge on any atom is -0.507 e. The minimum atomic E-state index is -0.242. The maximum Gasteiger partial charge on any atom is 0.137 e. The molecular formula is C18H14N2O4. The summed E-state index contributed by atoms with van der Waals surface area (Å²) in [6, 6.07) is 7.88. The highest BCUT2D eigenvalue weighted by atomic mass is 16.3. The lowest BCUT2D eigenvalue weighted by molar-refractivity contribution is 0.457. The number of phenols is 4. The Balaban J connectivity index is 2.28. The topological polar surface area (TPSA) is 119 Å². The molecule has 0 radical (unpaired) electrons. The third kappa shape index (κ3) is 1.57. The second-order valence-electron chi connectivity index (χ2n) is 5.83. The molecule has 0 aliphatic heterocycles. The van der Waals surface area contributed by atoms with Gasteiger partial charge in [0.05, 0.1) is 10.9 Å². The molecule has 6 nitrogen and oxygen atoms in total. The van der Waals surface area contributed by atoms with Crippen LogP contribution in [0, 0.1) is 6.92 Å². The van der Waals surface area contributed by atoms with E-state index < -0.39 is 0 Å². The van der Waals surface area contributed by atoms with Gasteiger partial charge >= 0.3 is 0 Å². The molecule has 4 rings (SSSR count). The number of nitrogens with two attached hydrogens (primary N) is 1. The summed E-state index contributed by atoms with van der Waals surface area (Å²) in [4.78, 5) is 0. The minimum absolute atomic E-state index is 0.0425.